The van der Waals surface area contributed by atoms with Crippen molar-refractivity contribution in [2.75, 3.05) is 12.0 Å². The number of carbonyl (C=O) groups excluding carboxylic acids is 1. The molecule has 0 aliphatic carbocycles. The third kappa shape index (κ3) is 9.06. The van der Waals surface area contributed by atoms with Gasteiger partial charge in [0.25, 0.3) is 5.91 Å². The largest absolute Gasteiger partial charge is 0.497 e. The number of halogens is 1. The molecule has 0 radical (unpaired) electrons. The Bertz CT molecular complexity index is 1580. The molecule has 0 saturated heterocycles. The monoisotopic (exact) mass is 594 g/mol. The highest BCUT2D eigenvalue weighted by molar-refractivity contribution is 5.96. The van der Waals surface area contributed by atoms with Gasteiger partial charge in [-0.05, 0) is 90.4 Å². The van der Waals surface area contributed by atoms with Crippen LogP contribution in [-0.4, -0.2) is 30.1 Å². The van der Waals surface area contributed by atoms with Gasteiger partial charge >= 0.3 is 5.97 Å². The number of nitrogens with zero attached hydrogens (tertiary/aromatic N) is 1. The Hall–Kier alpha value is -5.37. The number of aliphatic carboxylic acids is 1. The summed E-state index contributed by atoms with van der Waals surface area (Å²) in [6, 6.07) is 27.1. The van der Waals surface area contributed by atoms with Crippen LogP contribution in [0.4, 0.5) is 10.1 Å². The number of nitrogens with one attached hydrogen (secondary N) is 1. The van der Waals surface area contributed by atoms with Gasteiger partial charge in [0.15, 0.2) is 0 Å². The SMILES string of the molecule is C=C/C=C(\C)Oc1ccc(N(Cc2ccc(OC)cc2)Cc2ccc(C(=O)NC(Cc3ccc(F)cc3)C(=O)O)cc2)cc1. The second-order valence-corrected chi connectivity index (χ2v) is 10.2. The number of methoxy groups -OCH3 is 1. The number of ether oxygens (including phenoxy) is 2. The summed E-state index contributed by atoms with van der Waals surface area (Å²) < 4.78 is 24.4. The first kappa shape index (κ1) is 31.6. The van der Waals surface area contributed by atoms with E-state index in [4.69, 9.17) is 9.47 Å². The molecular weight excluding hydrogens is 559 g/mol. The van der Waals surface area contributed by atoms with Crippen LogP contribution in [-0.2, 0) is 24.3 Å². The van der Waals surface area contributed by atoms with Crippen molar-refractivity contribution in [3.05, 3.63) is 150 Å². The standard InChI is InChI=1S/C36H35FN2O5/c1-4-5-25(2)44-33-20-16-31(17-21-33)39(24-28-10-18-32(43-3)19-11-28)23-27-6-12-29(13-7-27)35(40)38-34(36(41)42)22-26-8-14-30(37)15-9-26/h4-21,34H,1,22-24H2,2-3H3,(H,38,40)(H,41,42)/b25-5+. The lowest BCUT2D eigenvalue weighted by atomic mass is 10.0. The second kappa shape index (κ2) is 15.2. The van der Waals surface area contributed by atoms with Gasteiger partial charge in [-0.15, -0.1) is 0 Å². The zero-order valence-electron chi connectivity index (χ0n) is 24.7. The van der Waals surface area contributed by atoms with E-state index >= 15 is 0 Å². The third-order valence-electron chi connectivity index (χ3n) is 6.91. The van der Waals surface area contributed by atoms with Gasteiger partial charge in [-0.25, -0.2) is 9.18 Å². The number of amides is 1. The van der Waals surface area contributed by atoms with Crippen molar-refractivity contribution >= 4 is 17.6 Å². The predicted molar refractivity (Wildman–Crippen MR) is 169 cm³/mol. The minimum absolute atomic E-state index is 0.0354. The lowest BCUT2D eigenvalue weighted by molar-refractivity contribution is -0.139. The lowest BCUT2D eigenvalue weighted by Crippen LogP contribution is -2.42. The number of hydrogen-bond donors (Lipinski definition) is 2. The summed E-state index contributed by atoms with van der Waals surface area (Å²) in [5.41, 5.74) is 3.97. The van der Waals surface area contributed by atoms with Crippen LogP contribution in [0.1, 0.15) is 34.0 Å². The van der Waals surface area contributed by atoms with Gasteiger partial charge in [0.1, 0.15) is 29.1 Å². The molecule has 0 fully saturated rings. The average Bonchev–Trinajstić information content (AvgIpc) is 3.02. The zero-order chi connectivity index (χ0) is 31.5. The number of anilines is 1. The van der Waals surface area contributed by atoms with E-state index in [0.717, 1.165) is 28.3 Å². The summed E-state index contributed by atoms with van der Waals surface area (Å²) in [7, 11) is 1.63. The van der Waals surface area contributed by atoms with E-state index in [2.05, 4.69) is 16.8 Å². The van der Waals surface area contributed by atoms with Crippen molar-refractivity contribution in [2.45, 2.75) is 32.5 Å². The zero-order valence-corrected chi connectivity index (χ0v) is 24.7. The number of benzene rings is 4. The molecule has 0 aliphatic heterocycles. The van der Waals surface area contributed by atoms with Gasteiger partial charge in [0.05, 0.1) is 7.11 Å². The molecule has 0 aliphatic rings. The molecule has 1 atom stereocenters. The molecule has 4 rings (SSSR count). The molecule has 4 aromatic carbocycles. The van der Waals surface area contributed by atoms with Gasteiger partial charge in [0, 0.05) is 30.8 Å². The van der Waals surface area contributed by atoms with E-state index in [0.29, 0.717) is 30.0 Å². The Morgan fingerprint density at radius 2 is 1.41 bits per heavy atom. The highest BCUT2D eigenvalue weighted by atomic mass is 19.1. The summed E-state index contributed by atoms with van der Waals surface area (Å²) in [5.74, 6) is 0.140. The molecule has 0 bridgehead atoms. The molecule has 0 spiro atoms. The van der Waals surface area contributed by atoms with Crippen molar-refractivity contribution in [3.8, 4) is 11.5 Å². The van der Waals surface area contributed by atoms with Crippen LogP contribution in [0.15, 0.2) is 122 Å². The van der Waals surface area contributed by atoms with Crippen molar-refractivity contribution in [2.24, 2.45) is 0 Å². The molecule has 2 N–H and O–H groups in total. The predicted octanol–water partition coefficient (Wildman–Crippen LogP) is 6.94. The highest BCUT2D eigenvalue weighted by Crippen LogP contribution is 2.25. The van der Waals surface area contributed by atoms with Crippen molar-refractivity contribution in [1.82, 2.24) is 5.32 Å². The maximum Gasteiger partial charge on any atom is 0.326 e. The first-order chi connectivity index (χ1) is 21.2. The molecule has 4 aromatic rings. The average molecular weight is 595 g/mol. The normalized spacial score (nSPS) is 11.8. The Morgan fingerprint density at radius 1 is 0.864 bits per heavy atom. The summed E-state index contributed by atoms with van der Waals surface area (Å²) in [5, 5.41) is 12.2. The first-order valence-corrected chi connectivity index (χ1v) is 14.1. The summed E-state index contributed by atoms with van der Waals surface area (Å²) in [6.45, 7) is 6.72. The van der Waals surface area contributed by atoms with E-state index in [1.54, 1.807) is 31.4 Å². The minimum Gasteiger partial charge on any atom is -0.497 e. The van der Waals surface area contributed by atoms with Crippen LogP contribution in [0.25, 0.3) is 0 Å². The Kier molecular flexibility index (Phi) is 10.9. The quantitative estimate of drug-likeness (QED) is 0.122. The smallest absolute Gasteiger partial charge is 0.326 e. The van der Waals surface area contributed by atoms with Gasteiger partial charge in [-0.3, -0.25) is 4.79 Å². The van der Waals surface area contributed by atoms with Crippen molar-refractivity contribution < 1.29 is 28.6 Å². The minimum atomic E-state index is -1.17. The lowest BCUT2D eigenvalue weighted by Gasteiger charge is -2.26. The van der Waals surface area contributed by atoms with Gasteiger partial charge in [-0.2, -0.15) is 0 Å². The molecule has 1 unspecified atom stereocenters. The fourth-order valence-corrected chi connectivity index (χ4v) is 4.58. The number of allylic oxidation sites excluding steroid dienone is 3. The molecule has 1 amide bonds. The summed E-state index contributed by atoms with van der Waals surface area (Å²) >= 11 is 0. The molecule has 7 nitrogen and oxygen atoms in total. The Morgan fingerprint density at radius 3 is 1.95 bits per heavy atom. The Labute approximate surface area is 256 Å². The number of carboxylic acid groups (broad SMARTS) is 1. The van der Waals surface area contributed by atoms with Gasteiger partial charge in [-0.1, -0.05) is 49.1 Å². The fourth-order valence-electron chi connectivity index (χ4n) is 4.58. The van der Waals surface area contributed by atoms with Crippen molar-refractivity contribution in [3.63, 3.8) is 0 Å². The van der Waals surface area contributed by atoms with E-state index in [-0.39, 0.29) is 6.42 Å². The number of hydrogen-bond acceptors (Lipinski definition) is 5. The molecule has 0 heterocycles. The van der Waals surface area contributed by atoms with E-state index in [1.807, 2.05) is 67.6 Å². The van der Waals surface area contributed by atoms with Crippen LogP contribution >= 0.6 is 0 Å². The van der Waals surface area contributed by atoms with E-state index in [9.17, 15) is 19.1 Å². The molecule has 8 heteroatoms. The molecule has 0 aromatic heterocycles. The van der Waals surface area contributed by atoms with Crippen LogP contribution in [0, 0.1) is 5.82 Å². The Balaban J connectivity index is 1.48. The first-order valence-electron chi connectivity index (χ1n) is 14.1. The van der Waals surface area contributed by atoms with Gasteiger partial charge in [0.2, 0.25) is 0 Å². The molecule has 0 saturated carbocycles. The number of carbonyl (C=O) groups is 2. The number of rotatable bonds is 14. The molecule has 44 heavy (non-hydrogen) atoms. The highest BCUT2D eigenvalue weighted by Gasteiger charge is 2.21. The third-order valence-corrected chi connectivity index (χ3v) is 6.91. The van der Waals surface area contributed by atoms with Crippen LogP contribution in [0.3, 0.4) is 0 Å². The molecule has 226 valence electrons. The van der Waals surface area contributed by atoms with E-state index in [1.165, 1.54) is 24.3 Å². The van der Waals surface area contributed by atoms with Crippen LogP contribution < -0.4 is 19.7 Å². The van der Waals surface area contributed by atoms with E-state index < -0.39 is 23.7 Å². The van der Waals surface area contributed by atoms with Crippen LogP contribution in [0.2, 0.25) is 0 Å². The fraction of sp³-hybridized carbons (Fsp3) is 0.167. The summed E-state index contributed by atoms with van der Waals surface area (Å²) in [4.78, 5) is 27.0. The maximum absolute atomic E-state index is 13.2. The van der Waals surface area contributed by atoms with Crippen molar-refractivity contribution in [1.29, 1.82) is 0 Å². The topological polar surface area (TPSA) is 88.1 Å². The second-order valence-electron chi connectivity index (χ2n) is 10.2. The summed E-state index contributed by atoms with van der Waals surface area (Å²) in [6.07, 6.45) is 3.50. The molecular formula is C36H35FN2O5. The maximum atomic E-state index is 13.2. The van der Waals surface area contributed by atoms with Gasteiger partial charge < -0.3 is 24.8 Å². The number of carboxylic acids is 1. The van der Waals surface area contributed by atoms with Crippen LogP contribution in [0.5, 0.6) is 11.5 Å².